The van der Waals surface area contributed by atoms with E-state index in [4.69, 9.17) is 4.74 Å². The Morgan fingerprint density at radius 1 is 1.40 bits per heavy atom. The van der Waals surface area contributed by atoms with Crippen LogP contribution in [0.1, 0.15) is 25.8 Å². The van der Waals surface area contributed by atoms with Crippen LogP contribution in [0, 0.1) is 5.41 Å². The second kappa shape index (κ2) is 7.39. The first kappa shape index (κ1) is 16.6. The lowest BCUT2D eigenvalue weighted by molar-refractivity contribution is -0.159. The van der Waals surface area contributed by atoms with Crippen molar-refractivity contribution in [3.8, 4) is 0 Å². The van der Waals surface area contributed by atoms with E-state index < -0.39 is 11.4 Å². The largest absolute Gasteiger partial charge is 0.465 e. The highest BCUT2D eigenvalue weighted by atomic mass is 79.9. The summed E-state index contributed by atoms with van der Waals surface area (Å²) in [6.07, 6.45) is 2.16. The summed E-state index contributed by atoms with van der Waals surface area (Å²) < 4.78 is 5.98. The van der Waals surface area contributed by atoms with E-state index in [-0.39, 0.29) is 18.8 Å². The maximum atomic E-state index is 12.3. The molecule has 1 unspecified atom stereocenters. The third kappa shape index (κ3) is 3.57. The van der Waals surface area contributed by atoms with Crippen molar-refractivity contribution >= 4 is 27.7 Å². The molecule has 0 aromatic heterocycles. The van der Waals surface area contributed by atoms with Crippen molar-refractivity contribution < 1.29 is 14.3 Å². The minimum absolute atomic E-state index is 0.202. The molecule has 20 heavy (non-hydrogen) atoms. The second-order valence-electron chi connectivity index (χ2n) is 4.62. The average molecular weight is 339 g/mol. The Kier molecular flexibility index (Phi) is 6.14. The van der Waals surface area contributed by atoms with Crippen molar-refractivity contribution in [2.75, 3.05) is 6.61 Å². The Morgan fingerprint density at radius 3 is 2.55 bits per heavy atom. The van der Waals surface area contributed by atoms with Crippen molar-refractivity contribution in [2.45, 2.75) is 26.7 Å². The number of benzene rings is 1. The Labute approximate surface area is 128 Å². The van der Waals surface area contributed by atoms with E-state index in [9.17, 15) is 9.59 Å². The van der Waals surface area contributed by atoms with Crippen LogP contribution in [-0.4, -0.2) is 18.4 Å². The zero-order chi connectivity index (χ0) is 15.2. The Hall–Kier alpha value is -1.42. The summed E-state index contributed by atoms with van der Waals surface area (Å²) in [5.74, 6) is -0.685. The Balaban J connectivity index is 3.22. The lowest BCUT2D eigenvalue weighted by atomic mass is 9.75. The van der Waals surface area contributed by atoms with Crippen molar-refractivity contribution in [3.05, 3.63) is 47.0 Å². The zero-order valence-electron chi connectivity index (χ0n) is 11.8. The van der Waals surface area contributed by atoms with Crippen molar-refractivity contribution in [3.63, 3.8) is 0 Å². The summed E-state index contributed by atoms with van der Waals surface area (Å²) >= 11 is 3.45. The molecule has 0 heterocycles. The van der Waals surface area contributed by atoms with Gasteiger partial charge in [0.15, 0.2) is 0 Å². The highest BCUT2D eigenvalue weighted by Crippen LogP contribution is 2.33. The number of hydrogen-bond acceptors (Lipinski definition) is 3. The van der Waals surface area contributed by atoms with Crippen LogP contribution in [0.4, 0.5) is 0 Å². The molecule has 0 spiro atoms. The number of Topliss-reactive ketones (excluding diaryl/α,β-unsaturated/α-hetero) is 1. The standard InChI is InChI=1S/C16H19BrO3/c1-4-10-16(12(3)18,15(19)20-5-2)11-13-8-6-7-9-14(13)17/h4,6-9H,1,5,10-11H2,2-3H3. The highest BCUT2D eigenvalue weighted by Gasteiger charge is 2.44. The van der Waals surface area contributed by atoms with Gasteiger partial charge in [0.1, 0.15) is 11.2 Å². The number of carbonyl (C=O) groups is 2. The summed E-state index contributed by atoms with van der Waals surface area (Å²) in [4.78, 5) is 24.4. The summed E-state index contributed by atoms with van der Waals surface area (Å²) in [5.41, 5.74) is -0.292. The van der Waals surface area contributed by atoms with Gasteiger partial charge >= 0.3 is 5.97 Å². The number of ether oxygens (including phenoxy) is 1. The van der Waals surface area contributed by atoms with Gasteiger partial charge in [-0.25, -0.2) is 0 Å². The van der Waals surface area contributed by atoms with Gasteiger partial charge in [0.25, 0.3) is 0 Å². The second-order valence-corrected chi connectivity index (χ2v) is 5.47. The smallest absolute Gasteiger partial charge is 0.320 e. The maximum absolute atomic E-state index is 12.3. The third-order valence-corrected chi connectivity index (χ3v) is 4.06. The van der Waals surface area contributed by atoms with E-state index in [2.05, 4.69) is 22.5 Å². The number of ketones is 1. The normalized spacial score (nSPS) is 13.3. The Bertz CT molecular complexity index is 510. The van der Waals surface area contributed by atoms with Gasteiger partial charge in [-0.05, 0) is 38.3 Å². The van der Waals surface area contributed by atoms with Gasteiger partial charge in [-0.15, -0.1) is 6.58 Å². The molecule has 0 saturated carbocycles. The van der Waals surface area contributed by atoms with E-state index in [0.717, 1.165) is 10.0 Å². The molecule has 1 atom stereocenters. The van der Waals surface area contributed by atoms with Crippen LogP contribution in [0.15, 0.2) is 41.4 Å². The zero-order valence-corrected chi connectivity index (χ0v) is 13.4. The fourth-order valence-corrected chi connectivity index (χ4v) is 2.55. The molecule has 0 N–H and O–H groups in total. The number of esters is 1. The summed E-state index contributed by atoms with van der Waals surface area (Å²) in [7, 11) is 0. The monoisotopic (exact) mass is 338 g/mol. The molecule has 3 nitrogen and oxygen atoms in total. The predicted octanol–water partition coefficient (Wildman–Crippen LogP) is 3.71. The average Bonchev–Trinajstić information content (AvgIpc) is 2.40. The van der Waals surface area contributed by atoms with Gasteiger partial charge in [0.2, 0.25) is 0 Å². The first-order valence-electron chi connectivity index (χ1n) is 6.50. The number of hydrogen-bond donors (Lipinski definition) is 0. The molecular weight excluding hydrogens is 320 g/mol. The van der Waals surface area contributed by atoms with Gasteiger partial charge in [0.05, 0.1) is 6.61 Å². The van der Waals surface area contributed by atoms with E-state index in [1.807, 2.05) is 24.3 Å². The van der Waals surface area contributed by atoms with Gasteiger partial charge in [-0.3, -0.25) is 9.59 Å². The third-order valence-electron chi connectivity index (χ3n) is 3.28. The topological polar surface area (TPSA) is 43.4 Å². The van der Waals surface area contributed by atoms with E-state index in [0.29, 0.717) is 6.42 Å². The van der Waals surface area contributed by atoms with E-state index in [1.165, 1.54) is 6.92 Å². The quantitative estimate of drug-likeness (QED) is 0.432. The minimum atomic E-state index is -1.19. The molecule has 0 bridgehead atoms. The lowest BCUT2D eigenvalue weighted by Crippen LogP contribution is -2.41. The minimum Gasteiger partial charge on any atom is -0.465 e. The van der Waals surface area contributed by atoms with Crippen molar-refractivity contribution in [1.29, 1.82) is 0 Å². The molecule has 0 amide bonds. The van der Waals surface area contributed by atoms with E-state index in [1.54, 1.807) is 13.0 Å². The SMILES string of the molecule is C=CCC(Cc1ccccc1Br)(C(C)=O)C(=O)OCC. The van der Waals surface area contributed by atoms with Gasteiger partial charge in [-0.2, -0.15) is 0 Å². The lowest BCUT2D eigenvalue weighted by Gasteiger charge is -2.28. The molecular formula is C16H19BrO3. The molecule has 108 valence electrons. The fraction of sp³-hybridized carbons (Fsp3) is 0.375. The summed E-state index contributed by atoms with van der Waals surface area (Å²) in [5, 5.41) is 0. The first-order chi connectivity index (χ1) is 9.47. The molecule has 1 aromatic carbocycles. The van der Waals surface area contributed by atoms with Gasteiger partial charge < -0.3 is 4.74 Å². The summed E-state index contributed by atoms with van der Waals surface area (Å²) in [6, 6.07) is 7.55. The molecule has 0 saturated heterocycles. The fourth-order valence-electron chi connectivity index (χ4n) is 2.12. The number of allylic oxidation sites excluding steroid dienone is 1. The van der Waals surface area contributed by atoms with Crippen molar-refractivity contribution in [2.24, 2.45) is 5.41 Å². The van der Waals surface area contributed by atoms with Crippen LogP contribution >= 0.6 is 15.9 Å². The molecule has 1 aromatic rings. The number of carbonyl (C=O) groups excluding carboxylic acids is 2. The van der Waals surface area contributed by atoms with Crippen LogP contribution in [0.3, 0.4) is 0 Å². The van der Waals surface area contributed by atoms with Crippen LogP contribution in [0.25, 0.3) is 0 Å². The molecule has 0 aliphatic rings. The van der Waals surface area contributed by atoms with E-state index >= 15 is 0 Å². The Morgan fingerprint density at radius 2 is 2.05 bits per heavy atom. The van der Waals surface area contributed by atoms with Gasteiger partial charge in [0, 0.05) is 4.47 Å². The highest BCUT2D eigenvalue weighted by molar-refractivity contribution is 9.10. The maximum Gasteiger partial charge on any atom is 0.320 e. The van der Waals surface area contributed by atoms with Crippen LogP contribution in [0.5, 0.6) is 0 Å². The molecule has 0 radical (unpaired) electrons. The summed E-state index contributed by atoms with van der Waals surface area (Å²) in [6.45, 7) is 7.07. The molecule has 1 rings (SSSR count). The predicted molar refractivity (Wildman–Crippen MR) is 82.4 cm³/mol. The molecule has 0 fully saturated rings. The number of rotatable bonds is 7. The van der Waals surface area contributed by atoms with Gasteiger partial charge in [-0.1, -0.05) is 40.2 Å². The van der Waals surface area contributed by atoms with Crippen LogP contribution in [-0.2, 0) is 20.7 Å². The van der Waals surface area contributed by atoms with Crippen LogP contribution < -0.4 is 0 Å². The number of halogens is 1. The molecule has 4 heteroatoms. The first-order valence-corrected chi connectivity index (χ1v) is 7.29. The molecule has 0 aliphatic carbocycles. The van der Waals surface area contributed by atoms with Crippen LogP contribution in [0.2, 0.25) is 0 Å². The molecule has 0 aliphatic heterocycles. The van der Waals surface area contributed by atoms with Crippen molar-refractivity contribution in [1.82, 2.24) is 0 Å².